The minimum atomic E-state index is -0.247. The summed E-state index contributed by atoms with van der Waals surface area (Å²) in [6, 6.07) is 10.2. The standard InChI is InChI=1S/C17H22N4O/c1-2-18-17(21-10-8-15(22)12-21)20-11-14-6-3-5-13-7-4-9-19-16(13)14/h3-7,9,15,22H,2,8,10-12H2,1H3,(H,18,20)/t15-/m1/s1. The van der Waals surface area contributed by atoms with Crippen LogP contribution in [0.3, 0.4) is 0 Å². The van der Waals surface area contributed by atoms with Gasteiger partial charge in [0.15, 0.2) is 5.96 Å². The van der Waals surface area contributed by atoms with Crippen LogP contribution in [0.5, 0.6) is 0 Å². The fourth-order valence-corrected chi connectivity index (χ4v) is 2.82. The summed E-state index contributed by atoms with van der Waals surface area (Å²) < 4.78 is 0. The lowest BCUT2D eigenvalue weighted by Gasteiger charge is -2.21. The first-order chi connectivity index (χ1) is 10.8. The zero-order valence-corrected chi connectivity index (χ0v) is 12.9. The summed E-state index contributed by atoms with van der Waals surface area (Å²) >= 11 is 0. The molecular formula is C17H22N4O. The molecular weight excluding hydrogens is 276 g/mol. The smallest absolute Gasteiger partial charge is 0.194 e. The van der Waals surface area contributed by atoms with Gasteiger partial charge in [-0.25, -0.2) is 4.99 Å². The molecule has 0 radical (unpaired) electrons. The Labute approximate surface area is 130 Å². The van der Waals surface area contributed by atoms with Crippen molar-refractivity contribution in [2.75, 3.05) is 19.6 Å². The summed E-state index contributed by atoms with van der Waals surface area (Å²) in [7, 11) is 0. The number of aliphatic imine (C=N–C) groups is 1. The number of aliphatic hydroxyl groups excluding tert-OH is 1. The van der Waals surface area contributed by atoms with E-state index in [1.54, 1.807) is 0 Å². The number of nitrogens with zero attached hydrogens (tertiary/aromatic N) is 3. The van der Waals surface area contributed by atoms with Crippen LogP contribution >= 0.6 is 0 Å². The van der Waals surface area contributed by atoms with Crippen molar-refractivity contribution >= 4 is 16.9 Å². The first kappa shape index (κ1) is 14.8. The number of rotatable bonds is 3. The lowest BCUT2D eigenvalue weighted by atomic mass is 10.1. The van der Waals surface area contributed by atoms with Crippen molar-refractivity contribution < 1.29 is 5.11 Å². The molecule has 1 atom stereocenters. The zero-order valence-electron chi connectivity index (χ0n) is 12.9. The maximum atomic E-state index is 9.71. The van der Waals surface area contributed by atoms with Gasteiger partial charge in [0.1, 0.15) is 0 Å². The molecule has 5 heteroatoms. The fraction of sp³-hybridized carbons (Fsp3) is 0.412. The Morgan fingerprint density at radius 2 is 2.27 bits per heavy atom. The lowest BCUT2D eigenvalue weighted by molar-refractivity contribution is 0.188. The minimum absolute atomic E-state index is 0.247. The van der Waals surface area contributed by atoms with E-state index in [-0.39, 0.29) is 6.10 Å². The Hall–Kier alpha value is -2.14. The molecule has 0 saturated carbocycles. The highest BCUT2D eigenvalue weighted by atomic mass is 16.3. The number of para-hydroxylation sites is 1. The van der Waals surface area contributed by atoms with Crippen molar-refractivity contribution in [1.82, 2.24) is 15.2 Å². The predicted molar refractivity (Wildman–Crippen MR) is 88.8 cm³/mol. The normalized spacial score (nSPS) is 18.9. The molecule has 1 fully saturated rings. The van der Waals surface area contributed by atoms with E-state index in [2.05, 4.69) is 40.3 Å². The molecule has 22 heavy (non-hydrogen) atoms. The van der Waals surface area contributed by atoms with E-state index < -0.39 is 0 Å². The van der Waals surface area contributed by atoms with Gasteiger partial charge in [0.2, 0.25) is 0 Å². The van der Waals surface area contributed by atoms with Crippen LogP contribution in [0.2, 0.25) is 0 Å². The summed E-state index contributed by atoms with van der Waals surface area (Å²) in [6.45, 7) is 4.96. The fourth-order valence-electron chi connectivity index (χ4n) is 2.82. The molecule has 0 amide bonds. The molecule has 116 valence electrons. The second-order valence-electron chi connectivity index (χ2n) is 5.55. The highest BCUT2D eigenvalue weighted by molar-refractivity contribution is 5.83. The number of β-amino-alcohol motifs (C(OH)–C–C–N with tert-alkyl or cyclic N) is 1. The molecule has 0 spiro atoms. The molecule has 1 saturated heterocycles. The number of benzene rings is 1. The first-order valence-electron chi connectivity index (χ1n) is 7.82. The van der Waals surface area contributed by atoms with E-state index in [1.807, 2.05) is 18.3 Å². The third kappa shape index (κ3) is 3.20. The molecule has 0 unspecified atom stereocenters. The van der Waals surface area contributed by atoms with E-state index in [0.717, 1.165) is 41.9 Å². The Balaban J connectivity index is 1.83. The van der Waals surface area contributed by atoms with E-state index in [4.69, 9.17) is 4.99 Å². The Bertz CT molecular complexity index is 665. The van der Waals surface area contributed by atoms with Crippen LogP contribution < -0.4 is 5.32 Å². The average Bonchev–Trinajstić information content (AvgIpc) is 2.98. The van der Waals surface area contributed by atoms with E-state index in [9.17, 15) is 5.11 Å². The average molecular weight is 298 g/mol. The van der Waals surface area contributed by atoms with Crippen LogP contribution in [-0.4, -0.2) is 46.7 Å². The summed E-state index contributed by atoms with van der Waals surface area (Å²) in [5.41, 5.74) is 2.12. The van der Waals surface area contributed by atoms with Crippen LogP contribution in [0.1, 0.15) is 18.9 Å². The third-order valence-corrected chi connectivity index (χ3v) is 3.91. The molecule has 0 aliphatic carbocycles. The number of hydrogen-bond donors (Lipinski definition) is 2. The molecule has 5 nitrogen and oxygen atoms in total. The number of guanidine groups is 1. The summed E-state index contributed by atoms with van der Waals surface area (Å²) in [5.74, 6) is 0.868. The molecule has 1 aromatic carbocycles. The largest absolute Gasteiger partial charge is 0.391 e. The van der Waals surface area contributed by atoms with Crippen LogP contribution in [-0.2, 0) is 6.54 Å². The number of likely N-dealkylation sites (tertiary alicyclic amines) is 1. The SMILES string of the molecule is CCNC(=NCc1cccc2cccnc12)N1CC[C@@H](O)C1. The van der Waals surface area contributed by atoms with Gasteiger partial charge < -0.3 is 15.3 Å². The summed E-state index contributed by atoms with van der Waals surface area (Å²) in [5, 5.41) is 14.2. The molecule has 2 aromatic rings. The van der Waals surface area contributed by atoms with Gasteiger partial charge in [0, 0.05) is 31.2 Å². The highest BCUT2D eigenvalue weighted by Gasteiger charge is 2.22. The number of hydrogen-bond acceptors (Lipinski definition) is 3. The number of aliphatic hydroxyl groups is 1. The van der Waals surface area contributed by atoms with Gasteiger partial charge in [-0.2, -0.15) is 0 Å². The molecule has 2 heterocycles. The Morgan fingerprint density at radius 1 is 1.41 bits per heavy atom. The topological polar surface area (TPSA) is 60.8 Å². The van der Waals surface area contributed by atoms with Crippen LogP contribution in [0.4, 0.5) is 0 Å². The van der Waals surface area contributed by atoms with Gasteiger partial charge in [-0.05, 0) is 25.0 Å². The van der Waals surface area contributed by atoms with E-state index in [1.165, 1.54) is 0 Å². The number of pyridine rings is 1. The molecule has 1 aromatic heterocycles. The van der Waals surface area contributed by atoms with Crippen molar-refractivity contribution in [3.63, 3.8) is 0 Å². The lowest BCUT2D eigenvalue weighted by Crippen LogP contribution is -2.40. The second kappa shape index (κ2) is 6.75. The van der Waals surface area contributed by atoms with Crippen LogP contribution in [0.25, 0.3) is 10.9 Å². The maximum absolute atomic E-state index is 9.71. The number of aromatic nitrogens is 1. The van der Waals surface area contributed by atoms with Crippen LogP contribution in [0, 0.1) is 0 Å². The van der Waals surface area contributed by atoms with Crippen molar-refractivity contribution in [3.05, 3.63) is 42.1 Å². The van der Waals surface area contributed by atoms with Crippen molar-refractivity contribution in [3.8, 4) is 0 Å². The molecule has 2 N–H and O–H groups in total. The van der Waals surface area contributed by atoms with Crippen LogP contribution in [0.15, 0.2) is 41.5 Å². The molecule has 0 bridgehead atoms. The molecule has 1 aliphatic heterocycles. The summed E-state index contributed by atoms with van der Waals surface area (Å²) in [4.78, 5) is 11.3. The third-order valence-electron chi connectivity index (χ3n) is 3.91. The number of fused-ring (bicyclic) bond motifs is 1. The predicted octanol–water partition coefficient (Wildman–Crippen LogP) is 1.77. The van der Waals surface area contributed by atoms with Gasteiger partial charge in [-0.15, -0.1) is 0 Å². The second-order valence-corrected chi connectivity index (χ2v) is 5.55. The summed E-state index contributed by atoms with van der Waals surface area (Å²) in [6.07, 6.45) is 2.38. The van der Waals surface area contributed by atoms with Gasteiger partial charge in [0.25, 0.3) is 0 Å². The van der Waals surface area contributed by atoms with Crippen molar-refractivity contribution in [1.29, 1.82) is 0 Å². The van der Waals surface area contributed by atoms with Gasteiger partial charge in [-0.3, -0.25) is 4.98 Å². The first-order valence-corrected chi connectivity index (χ1v) is 7.82. The Morgan fingerprint density at radius 3 is 3.05 bits per heavy atom. The molecule has 1 aliphatic rings. The minimum Gasteiger partial charge on any atom is -0.391 e. The quantitative estimate of drug-likeness (QED) is 0.670. The van der Waals surface area contributed by atoms with E-state index >= 15 is 0 Å². The van der Waals surface area contributed by atoms with Gasteiger partial charge in [0.05, 0.1) is 18.2 Å². The van der Waals surface area contributed by atoms with E-state index in [0.29, 0.717) is 13.1 Å². The van der Waals surface area contributed by atoms with Gasteiger partial charge in [-0.1, -0.05) is 24.3 Å². The van der Waals surface area contributed by atoms with Gasteiger partial charge >= 0.3 is 0 Å². The number of nitrogens with one attached hydrogen (secondary N) is 1. The molecule has 3 rings (SSSR count). The monoisotopic (exact) mass is 298 g/mol. The zero-order chi connectivity index (χ0) is 15.4. The van der Waals surface area contributed by atoms with Crippen molar-refractivity contribution in [2.45, 2.75) is 26.0 Å². The maximum Gasteiger partial charge on any atom is 0.194 e. The van der Waals surface area contributed by atoms with Crippen molar-refractivity contribution in [2.24, 2.45) is 4.99 Å². The highest BCUT2D eigenvalue weighted by Crippen LogP contribution is 2.17. The Kier molecular flexibility index (Phi) is 4.53.